The van der Waals surface area contributed by atoms with E-state index in [1.807, 2.05) is 26.0 Å². The van der Waals surface area contributed by atoms with Gasteiger partial charge in [-0.25, -0.2) is 5.43 Å². The molecule has 0 bridgehead atoms. The third-order valence-corrected chi connectivity index (χ3v) is 4.06. The van der Waals surface area contributed by atoms with Crippen molar-refractivity contribution in [3.05, 3.63) is 63.2 Å². The quantitative estimate of drug-likeness (QED) is 0.383. The van der Waals surface area contributed by atoms with Crippen molar-refractivity contribution in [3.8, 4) is 5.75 Å². The van der Waals surface area contributed by atoms with Gasteiger partial charge < -0.3 is 10.4 Å². The zero-order valence-corrected chi connectivity index (χ0v) is 15.4. The summed E-state index contributed by atoms with van der Waals surface area (Å²) in [6.07, 6.45) is 1.13. The average molecular weight is 384 g/mol. The van der Waals surface area contributed by atoms with Crippen LogP contribution in [0.1, 0.15) is 29.5 Å². The lowest BCUT2D eigenvalue weighted by molar-refractivity contribution is -0.385. The van der Waals surface area contributed by atoms with E-state index in [2.05, 4.69) is 15.8 Å². The molecule has 0 saturated heterocycles. The van der Waals surface area contributed by atoms with Crippen LogP contribution in [0, 0.1) is 24.0 Å². The molecule has 146 valence electrons. The molecule has 0 fully saturated rings. The first kappa shape index (κ1) is 20.6. The number of hydrogen-bond donors (Lipinski definition) is 3. The Hall–Kier alpha value is -3.75. The molecule has 0 aliphatic heterocycles. The highest BCUT2D eigenvalue weighted by Crippen LogP contribution is 2.25. The largest absolute Gasteiger partial charge is 0.502 e. The molecule has 2 rings (SSSR count). The Morgan fingerprint density at radius 3 is 2.61 bits per heavy atom. The first-order chi connectivity index (χ1) is 13.3. The van der Waals surface area contributed by atoms with Crippen LogP contribution in [0.2, 0.25) is 0 Å². The zero-order valence-electron chi connectivity index (χ0n) is 15.4. The third kappa shape index (κ3) is 5.63. The molecule has 0 aliphatic rings. The number of aryl methyl sites for hydroxylation is 1. The SMILES string of the molecule is Cc1cccc(NC(=O)CCC(=O)NN=Cc2ccc(O)c([N+](=O)[O-])c2)c1C. The van der Waals surface area contributed by atoms with Gasteiger partial charge in [0.1, 0.15) is 0 Å². The van der Waals surface area contributed by atoms with Gasteiger partial charge in [-0.1, -0.05) is 12.1 Å². The second-order valence-corrected chi connectivity index (χ2v) is 6.09. The molecule has 0 aliphatic carbocycles. The number of carbonyl (C=O) groups excluding carboxylic acids is 2. The molecule has 0 spiro atoms. The maximum Gasteiger partial charge on any atom is 0.311 e. The fourth-order valence-electron chi connectivity index (χ4n) is 2.33. The van der Waals surface area contributed by atoms with Crippen molar-refractivity contribution in [2.24, 2.45) is 5.10 Å². The molecule has 0 unspecified atom stereocenters. The molecule has 0 radical (unpaired) electrons. The highest BCUT2D eigenvalue weighted by molar-refractivity contribution is 5.94. The molecule has 3 N–H and O–H groups in total. The first-order valence-electron chi connectivity index (χ1n) is 8.43. The third-order valence-electron chi connectivity index (χ3n) is 4.06. The van der Waals surface area contributed by atoms with Crippen LogP contribution >= 0.6 is 0 Å². The van der Waals surface area contributed by atoms with Crippen LogP contribution < -0.4 is 10.7 Å². The van der Waals surface area contributed by atoms with Crippen LogP contribution in [0.4, 0.5) is 11.4 Å². The maximum atomic E-state index is 12.0. The lowest BCUT2D eigenvalue weighted by Crippen LogP contribution is -2.21. The Kier molecular flexibility index (Phi) is 6.80. The summed E-state index contributed by atoms with van der Waals surface area (Å²) in [5.41, 5.74) is 4.85. The number of nitro benzene ring substituents is 1. The van der Waals surface area contributed by atoms with E-state index in [4.69, 9.17) is 0 Å². The predicted octanol–water partition coefficient (Wildman–Crippen LogP) is 2.79. The average Bonchev–Trinajstić information content (AvgIpc) is 2.65. The molecular formula is C19H20N4O5. The van der Waals surface area contributed by atoms with Crippen molar-refractivity contribution >= 4 is 29.4 Å². The number of anilines is 1. The summed E-state index contributed by atoms with van der Waals surface area (Å²) < 4.78 is 0. The highest BCUT2D eigenvalue weighted by atomic mass is 16.6. The standard InChI is InChI=1S/C19H20N4O5/c1-12-4-3-5-15(13(12)2)21-18(25)8-9-19(26)22-20-11-14-6-7-17(24)16(10-14)23(27)28/h3-7,10-11,24H,8-9H2,1-2H3,(H,21,25)(H,22,26). The monoisotopic (exact) mass is 384 g/mol. The van der Waals surface area contributed by atoms with Crippen LogP contribution in [0.5, 0.6) is 5.75 Å². The van der Waals surface area contributed by atoms with Crippen molar-refractivity contribution in [1.29, 1.82) is 0 Å². The Labute approximate surface area is 161 Å². The van der Waals surface area contributed by atoms with E-state index in [1.165, 1.54) is 18.3 Å². The summed E-state index contributed by atoms with van der Waals surface area (Å²) in [5.74, 6) is -1.22. The number of benzene rings is 2. The lowest BCUT2D eigenvalue weighted by atomic mass is 10.1. The minimum atomic E-state index is -0.722. The van der Waals surface area contributed by atoms with Gasteiger partial charge in [-0.05, 0) is 43.2 Å². The number of carbonyl (C=O) groups is 2. The maximum absolute atomic E-state index is 12.0. The fraction of sp³-hybridized carbons (Fsp3) is 0.211. The number of nitro groups is 1. The topological polar surface area (TPSA) is 134 Å². The number of phenolic OH excluding ortho intramolecular Hbond substituents is 1. The van der Waals surface area contributed by atoms with Gasteiger partial charge in [0.25, 0.3) is 0 Å². The highest BCUT2D eigenvalue weighted by Gasteiger charge is 2.13. The van der Waals surface area contributed by atoms with Gasteiger partial charge in [0.15, 0.2) is 5.75 Å². The molecule has 2 amide bonds. The molecule has 2 aromatic carbocycles. The first-order valence-corrected chi connectivity index (χ1v) is 8.43. The van der Waals surface area contributed by atoms with Gasteiger partial charge in [-0.2, -0.15) is 5.10 Å². The second-order valence-electron chi connectivity index (χ2n) is 6.09. The summed E-state index contributed by atoms with van der Waals surface area (Å²) in [7, 11) is 0. The summed E-state index contributed by atoms with van der Waals surface area (Å²) in [4.78, 5) is 33.8. The second kappa shape index (κ2) is 9.26. The van der Waals surface area contributed by atoms with E-state index < -0.39 is 22.3 Å². The summed E-state index contributed by atoms with van der Waals surface area (Å²) in [5, 5.41) is 26.6. The Balaban J connectivity index is 1.83. The number of nitrogens with zero attached hydrogens (tertiary/aromatic N) is 2. The van der Waals surface area contributed by atoms with Crippen LogP contribution in [0.3, 0.4) is 0 Å². The van der Waals surface area contributed by atoms with E-state index in [9.17, 15) is 24.8 Å². The van der Waals surface area contributed by atoms with Crippen molar-refractivity contribution in [3.63, 3.8) is 0 Å². The Morgan fingerprint density at radius 1 is 1.18 bits per heavy atom. The molecule has 9 heteroatoms. The minimum absolute atomic E-state index is 0.0145. The Morgan fingerprint density at radius 2 is 1.89 bits per heavy atom. The molecular weight excluding hydrogens is 364 g/mol. The van der Waals surface area contributed by atoms with Crippen molar-refractivity contribution in [1.82, 2.24) is 5.43 Å². The number of aromatic hydroxyl groups is 1. The van der Waals surface area contributed by atoms with Gasteiger partial charge in [0.2, 0.25) is 11.8 Å². The van der Waals surface area contributed by atoms with E-state index in [0.29, 0.717) is 11.3 Å². The van der Waals surface area contributed by atoms with Crippen LogP contribution in [-0.4, -0.2) is 28.1 Å². The van der Waals surface area contributed by atoms with Crippen LogP contribution in [-0.2, 0) is 9.59 Å². The smallest absolute Gasteiger partial charge is 0.311 e. The van der Waals surface area contributed by atoms with E-state index in [1.54, 1.807) is 6.07 Å². The number of amides is 2. The summed E-state index contributed by atoms with van der Waals surface area (Å²) in [6, 6.07) is 9.28. The van der Waals surface area contributed by atoms with Crippen LogP contribution in [0.15, 0.2) is 41.5 Å². The number of rotatable bonds is 7. The molecule has 0 aromatic heterocycles. The fourth-order valence-corrected chi connectivity index (χ4v) is 2.33. The number of phenols is 1. The molecule has 9 nitrogen and oxygen atoms in total. The Bertz CT molecular complexity index is 940. The zero-order chi connectivity index (χ0) is 20.7. The van der Waals surface area contributed by atoms with Gasteiger partial charge in [0.05, 0.1) is 11.1 Å². The number of nitrogens with one attached hydrogen (secondary N) is 2. The summed E-state index contributed by atoms with van der Waals surface area (Å²) in [6.45, 7) is 3.85. The predicted molar refractivity (Wildman–Crippen MR) is 104 cm³/mol. The number of hydrazone groups is 1. The van der Waals surface area contributed by atoms with Gasteiger partial charge in [0, 0.05) is 30.2 Å². The van der Waals surface area contributed by atoms with Crippen molar-refractivity contribution in [2.75, 3.05) is 5.32 Å². The van der Waals surface area contributed by atoms with E-state index in [-0.39, 0.29) is 18.7 Å². The summed E-state index contributed by atoms with van der Waals surface area (Å²) >= 11 is 0. The molecule has 2 aromatic rings. The van der Waals surface area contributed by atoms with E-state index in [0.717, 1.165) is 17.2 Å². The normalized spacial score (nSPS) is 10.6. The number of hydrogen-bond acceptors (Lipinski definition) is 6. The van der Waals surface area contributed by atoms with Crippen LogP contribution in [0.25, 0.3) is 0 Å². The van der Waals surface area contributed by atoms with Gasteiger partial charge in [-0.3, -0.25) is 19.7 Å². The molecule has 0 heterocycles. The molecule has 0 saturated carbocycles. The molecule has 0 atom stereocenters. The van der Waals surface area contributed by atoms with E-state index >= 15 is 0 Å². The van der Waals surface area contributed by atoms with Gasteiger partial charge in [-0.15, -0.1) is 0 Å². The molecule has 28 heavy (non-hydrogen) atoms. The van der Waals surface area contributed by atoms with Crippen molar-refractivity contribution < 1.29 is 19.6 Å². The van der Waals surface area contributed by atoms with Crippen molar-refractivity contribution in [2.45, 2.75) is 26.7 Å². The lowest BCUT2D eigenvalue weighted by Gasteiger charge is -2.10. The minimum Gasteiger partial charge on any atom is -0.502 e. The van der Waals surface area contributed by atoms with Gasteiger partial charge >= 0.3 is 5.69 Å².